The number of pyridine rings is 1. The lowest BCUT2D eigenvalue weighted by atomic mass is 10.2. The van der Waals surface area contributed by atoms with Gasteiger partial charge in [0.2, 0.25) is 0 Å². The number of amidine groups is 1. The SMILES string of the molecule is Cc1ncc(F)cc1C(=N)N. The topological polar surface area (TPSA) is 62.8 Å². The van der Waals surface area contributed by atoms with E-state index in [-0.39, 0.29) is 5.84 Å². The lowest BCUT2D eigenvalue weighted by Crippen LogP contribution is -2.13. The first-order chi connectivity index (χ1) is 5.11. The van der Waals surface area contributed by atoms with E-state index in [2.05, 4.69) is 4.98 Å². The predicted octanol–water partition coefficient (Wildman–Crippen LogP) is 0.813. The van der Waals surface area contributed by atoms with Crippen molar-refractivity contribution in [3.05, 3.63) is 29.3 Å². The van der Waals surface area contributed by atoms with Gasteiger partial charge in [-0.3, -0.25) is 10.4 Å². The van der Waals surface area contributed by atoms with Gasteiger partial charge in [0.05, 0.1) is 6.20 Å². The lowest BCUT2D eigenvalue weighted by Gasteiger charge is -2.00. The second-order valence-corrected chi connectivity index (χ2v) is 2.20. The highest BCUT2D eigenvalue weighted by atomic mass is 19.1. The molecule has 58 valence electrons. The van der Waals surface area contributed by atoms with E-state index >= 15 is 0 Å². The smallest absolute Gasteiger partial charge is 0.142 e. The van der Waals surface area contributed by atoms with Crippen molar-refractivity contribution in [2.75, 3.05) is 0 Å². The number of nitrogens with zero attached hydrogens (tertiary/aromatic N) is 1. The van der Waals surface area contributed by atoms with Crippen molar-refractivity contribution in [2.45, 2.75) is 6.92 Å². The van der Waals surface area contributed by atoms with Crippen LogP contribution in [-0.4, -0.2) is 10.8 Å². The summed E-state index contributed by atoms with van der Waals surface area (Å²) in [6, 6.07) is 1.20. The molecule has 0 radical (unpaired) electrons. The number of halogens is 1. The molecule has 3 N–H and O–H groups in total. The minimum atomic E-state index is -0.471. The van der Waals surface area contributed by atoms with Gasteiger partial charge in [0.15, 0.2) is 0 Å². The fraction of sp³-hybridized carbons (Fsp3) is 0.143. The Hall–Kier alpha value is -1.45. The van der Waals surface area contributed by atoms with Crippen molar-refractivity contribution in [3.8, 4) is 0 Å². The zero-order chi connectivity index (χ0) is 8.43. The quantitative estimate of drug-likeness (QED) is 0.463. The molecule has 0 saturated heterocycles. The van der Waals surface area contributed by atoms with E-state index in [0.29, 0.717) is 11.3 Å². The Morgan fingerprint density at radius 3 is 2.82 bits per heavy atom. The average molecular weight is 153 g/mol. The molecule has 1 heterocycles. The van der Waals surface area contributed by atoms with Crippen LogP contribution in [0, 0.1) is 18.2 Å². The molecule has 0 aliphatic heterocycles. The Morgan fingerprint density at radius 2 is 2.36 bits per heavy atom. The Morgan fingerprint density at radius 1 is 1.73 bits per heavy atom. The van der Waals surface area contributed by atoms with Crippen LogP contribution in [0.1, 0.15) is 11.3 Å². The number of hydrogen-bond acceptors (Lipinski definition) is 2. The van der Waals surface area contributed by atoms with Gasteiger partial charge in [-0.05, 0) is 13.0 Å². The van der Waals surface area contributed by atoms with Crippen molar-refractivity contribution in [1.29, 1.82) is 5.41 Å². The molecule has 0 aromatic carbocycles. The van der Waals surface area contributed by atoms with Crippen LogP contribution in [0.2, 0.25) is 0 Å². The highest BCUT2D eigenvalue weighted by molar-refractivity contribution is 5.95. The largest absolute Gasteiger partial charge is 0.384 e. The standard InChI is InChI=1S/C7H8FN3/c1-4-6(7(9)10)2-5(8)3-11-4/h2-3H,1H3,(H3,9,10). The highest BCUT2D eigenvalue weighted by Gasteiger charge is 2.03. The second-order valence-electron chi connectivity index (χ2n) is 2.20. The van der Waals surface area contributed by atoms with Gasteiger partial charge in [0.25, 0.3) is 0 Å². The molecular formula is C7H8FN3. The lowest BCUT2D eigenvalue weighted by molar-refractivity contribution is 0.619. The van der Waals surface area contributed by atoms with Gasteiger partial charge in [-0.2, -0.15) is 0 Å². The summed E-state index contributed by atoms with van der Waals surface area (Å²) < 4.78 is 12.5. The molecule has 1 rings (SSSR count). The minimum Gasteiger partial charge on any atom is -0.384 e. The fourth-order valence-electron chi connectivity index (χ4n) is 0.780. The number of hydrogen-bond donors (Lipinski definition) is 2. The predicted molar refractivity (Wildman–Crippen MR) is 39.9 cm³/mol. The molecule has 11 heavy (non-hydrogen) atoms. The number of nitrogen functional groups attached to an aromatic ring is 1. The van der Waals surface area contributed by atoms with Gasteiger partial charge in [-0.15, -0.1) is 0 Å². The van der Waals surface area contributed by atoms with Crippen LogP contribution in [-0.2, 0) is 0 Å². The Balaban J connectivity index is 3.23. The molecule has 0 atom stereocenters. The van der Waals surface area contributed by atoms with Crippen LogP contribution in [0.5, 0.6) is 0 Å². The van der Waals surface area contributed by atoms with Crippen LogP contribution >= 0.6 is 0 Å². The first-order valence-corrected chi connectivity index (χ1v) is 3.08. The van der Waals surface area contributed by atoms with E-state index in [0.717, 1.165) is 6.20 Å². The molecule has 0 aliphatic carbocycles. The summed E-state index contributed by atoms with van der Waals surface area (Å²) in [4.78, 5) is 3.70. The van der Waals surface area contributed by atoms with Gasteiger partial charge >= 0.3 is 0 Å². The van der Waals surface area contributed by atoms with E-state index in [9.17, 15) is 4.39 Å². The molecule has 0 fully saturated rings. The summed E-state index contributed by atoms with van der Waals surface area (Å²) in [5.41, 5.74) is 6.08. The molecule has 0 aliphatic rings. The van der Waals surface area contributed by atoms with E-state index in [1.165, 1.54) is 6.07 Å². The maximum absolute atomic E-state index is 12.5. The van der Waals surface area contributed by atoms with Gasteiger partial charge in [-0.25, -0.2) is 4.39 Å². The molecule has 0 amide bonds. The fourth-order valence-corrected chi connectivity index (χ4v) is 0.780. The highest BCUT2D eigenvalue weighted by Crippen LogP contribution is 2.05. The Bertz CT molecular complexity index is 296. The number of rotatable bonds is 1. The Labute approximate surface area is 63.6 Å². The van der Waals surface area contributed by atoms with Gasteiger partial charge in [0.1, 0.15) is 11.7 Å². The molecule has 0 saturated carbocycles. The van der Waals surface area contributed by atoms with Gasteiger partial charge in [0, 0.05) is 11.3 Å². The first-order valence-electron chi connectivity index (χ1n) is 3.08. The van der Waals surface area contributed by atoms with Crippen LogP contribution in [0.4, 0.5) is 4.39 Å². The van der Waals surface area contributed by atoms with E-state index < -0.39 is 5.82 Å². The molecule has 0 bridgehead atoms. The third-order valence-electron chi connectivity index (χ3n) is 1.34. The van der Waals surface area contributed by atoms with Crippen molar-refractivity contribution in [3.63, 3.8) is 0 Å². The maximum Gasteiger partial charge on any atom is 0.142 e. The van der Waals surface area contributed by atoms with Crippen molar-refractivity contribution < 1.29 is 4.39 Å². The molecule has 1 aromatic heterocycles. The van der Waals surface area contributed by atoms with Crippen LogP contribution in [0.3, 0.4) is 0 Å². The van der Waals surface area contributed by atoms with Crippen LogP contribution in [0.25, 0.3) is 0 Å². The summed E-state index contributed by atoms with van der Waals surface area (Å²) in [7, 11) is 0. The molecular weight excluding hydrogens is 145 g/mol. The number of aryl methyl sites for hydroxylation is 1. The average Bonchev–Trinajstić information content (AvgIpc) is 1.94. The van der Waals surface area contributed by atoms with Crippen molar-refractivity contribution in [2.24, 2.45) is 5.73 Å². The number of aromatic nitrogens is 1. The maximum atomic E-state index is 12.5. The van der Waals surface area contributed by atoms with E-state index in [1.54, 1.807) is 6.92 Å². The molecule has 3 nitrogen and oxygen atoms in total. The third kappa shape index (κ3) is 1.52. The minimum absolute atomic E-state index is 0.158. The molecule has 0 unspecified atom stereocenters. The van der Waals surface area contributed by atoms with Crippen molar-refractivity contribution in [1.82, 2.24) is 4.98 Å². The zero-order valence-corrected chi connectivity index (χ0v) is 6.06. The molecule has 4 heteroatoms. The third-order valence-corrected chi connectivity index (χ3v) is 1.34. The normalized spacial score (nSPS) is 9.64. The summed E-state index contributed by atoms with van der Waals surface area (Å²) in [6.45, 7) is 1.68. The Kier molecular flexibility index (Phi) is 1.85. The van der Waals surface area contributed by atoms with E-state index in [1.807, 2.05) is 0 Å². The van der Waals surface area contributed by atoms with Gasteiger partial charge < -0.3 is 5.73 Å². The summed E-state index contributed by atoms with van der Waals surface area (Å²) >= 11 is 0. The number of nitrogens with one attached hydrogen (secondary N) is 1. The first kappa shape index (κ1) is 7.65. The molecule has 1 aromatic rings. The zero-order valence-electron chi connectivity index (χ0n) is 6.06. The molecule has 0 spiro atoms. The monoisotopic (exact) mass is 153 g/mol. The van der Waals surface area contributed by atoms with Crippen molar-refractivity contribution >= 4 is 5.84 Å². The van der Waals surface area contributed by atoms with Crippen LogP contribution < -0.4 is 5.73 Å². The summed E-state index contributed by atoms with van der Waals surface area (Å²) in [5.74, 6) is -0.629. The van der Waals surface area contributed by atoms with Gasteiger partial charge in [-0.1, -0.05) is 0 Å². The second kappa shape index (κ2) is 2.65. The summed E-state index contributed by atoms with van der Waals surface area (Å²) in [6.07, 6.45) is 1.10. The van der Waals surface area contributed by atoms with Crippen LogP contribution in [0.15, 0.2) is 12.3 Å². The number of nitrogens with two attached hydrogens (primary N) is 1. The van der Waals surface area contributed by atoms with E-state index in [4.69, 9.17) is 11.1 Å². The summed E-state index contributed by atoms with van der Waals surface area (Å²) in [5, 5.41) is 7.04.